The molecule has 1 N–H and O–H groups in total. The second kappa shape index (κ2) is 6.95. The van der Waals surface area contributed by atoms with Crippen LogP contribution >= 0.6 is 23.2 Å². The van der Waals surface area contributed by atoms with E-state index in [-0.39, 0.29) is 19.0 Å². The molecular formula is C13H13Cl2N3O4. The summed E-state index contributed by atoms with van der Waals surface area (Å²) in [5.41, 5.74) is 0. The first-order chi connectivity index (χ1) is 10.4. The van der Waals surface area contributed by atoms with Crippen molar-refractivity contribution in [3.63, 3.8) is 0 Å². The summed E-state index contributed by atoms with van der Waals surface area (Å²) >= 11 is 11.8. The van der Waals surface area contributed by atoms with Crippen molar-refractivity contribution < 1.29 is 14.8 Å². The van der Waals surface area contributed by atoms with Crippen LogP contribution in [0.25, 0.3) is 0 Å². The zero-order valence-corrected chi connectivity index (χ0v) is 13.1. The highest BCUT2D eigenvalue weighted by Gasteiger charge is 2.21. The van der Waals surface area contributed by atoms with Crippen LogP contribution in [0.3, 0.4) is 0 Å². The maximum Gasteiger partial charge on any atom is 0.342 e. The Hall–Kier alpha value is -1.83. The van der Waals surface area contributed by atoms with Gasteiger partial charge < -0.3 is 20.0 Å². The topological polar surface area (TPSA) is 90.4 Å². The van der Waals surface area contributed by atoms with Gasteiger partial charge in [-0.2, -0.15) is 0 Å². The van der Waals surface area contributed by atoms with Crippen LogP contribution in [-0.2, 0) is 6.54 Å². The molecule has 1 aromatic carbocycles. The highest BCUT2D eigenvalue weighted by atomic mass is 35.5. The fourth-order valence-corrected chi connectivity index (χ4v) is 2.20. The first kappa shape index (κ1) is 16.5. The van der Waals surface area contributed by atoms with E-state index in [4.69, 9.17) is 27.9 Å². The van der Waals surface area contributed by atoms with Crippen molar-refractivity contribution in [3.05, 3.63) is 50.4 Å². The number of hydrogen-bond acceptors (Lipinski definition) is 5. The Morgan fingerprint density at radius 3 is 2.91 bits per heavy atom. The molecule has 0 fully saturated rings. The Balaban J connectivity index is 2.02. The Morgan fingerprint density at radius 1 is 1.50 bits per heavy atom. The zero-order valence-electron chi connectivity index (χ0n) is 11.6. The number of aliphatic hydroxyl groups is 1. The van der Waals surface area contributed by atoms with Crippen LogP contribution in [0.2, 0.25) is 10.0 Å². The normalized spacial score (nSPS) is 12.2. The van der Waals surface area contributed by atoms with Gasteiger partial charge in [0.25, 0.3) is 0 Å². The number of aliphatic hydroxyl groups excluding tert-OH is 1. The minimum absolute atomic E-state index is 0.0136. The molecule has 1 atom stereocenters. The molecule has 0 amide bonds. The van der Waals surface area contributed by atoms with E-state index < -0.39 is 11.0 Å². The first-order valence-electron chi connectivity index (χ1n) is 6.31. The molecule has 118 valence electrons. The van der Waals surface area contributed by atoms with E-state index in [1.807, 2.05) is 0 Å². The van der Waals surface area contributed by atoms with E-state index in [1.54, 1.807) is 19.1 Å². The van der Waals surface area contributed by atoms with Crippen molar-refractivity contribution in [2.75, 3.05) is 6.61 Å². The highest BCUT2D eigenvalue weighted by molar-refractivity contribution is 6.34. The summed E-state index contributed by atoms with van der Waals surface area (Å²) in [5.74, 6) is 0.592. The summed E-state index contributed by atoms with van der Waals surface area (Å²) in [5, 5.41) is 21.7. The van der Waals surface area contributed by atoms with E-state index in [0.717, 1.165) is 6.20 Å². The molecule has 2 rings (SSSR count). The lowest BCUT2D eigenvalue weighted by Crippen LogP contribution is -2.24. The molecule has 1 aromatic heterocycles. The number of rotatable bonds is 6. The lowest BCUT2D eigenvalue weighted by Gasteiger charge is -2.13. The Bertz CT molecular complexity index is 690. The van der Waals surface area contributed by atoms with Crippen LogP contribution in [0, 0.1) is 17.0 Å². The minimum atomic E-state index is -0.971. The molecule has 0 aliphatic carbocycles. The fraction of sp³-hybridized carbons (Fsp3) is 0.308. The Labute approximate surface area is 136 Å². The van der Waals surface area contributed by atoms with E-state index >= 15 is 0 Å². The van der Waals surface area contributed by atoms with Gasteiger partial charge in [-0.3, -0.25) is 0 Å². The largest absolute Gasteiger partial charge is 0.489 e. The third-order valence-corrected chi connectivity index (χ3v) is 3.49. The van der Waals surface area contributed by atoms with Gasteiger partial charge in [-0.1, -0.05) is 23.2 Å². The van der Waals surface area contributed by atoms with Crippen molar-refractivity contribution in [2.24, 2.45) is 0 Å². The standard InChI is InChI=1S/C13H13Cl2N3O4/c1-8-16-5-13(18(20)21)17(8)6-10(19)7-22-12-4-9(14)2-3-11(12)15/h2-5,10,19H,6-7H2,1H3. The summed E-state index contributed by atoms with van der Waals surface area (Å²) in [6.07, 6.45) is 0.179. The molecule has 9 heteroatoms. The molecule has 1 heterocycles. The third-order valence-electron chi connectivity index (χ3n) is 2.94. The molecule has 0 aliphatic heterocycles. The van der Waals surface area contributed by atoms with E-state index in [9.17, 15) is 15.2 Å². The number of hydrogen-bond donors (Lipinski definition) is 1. The fourth-order valence-electron chi connectivity index (χ4n) is 1.86. The predicted molar refractivity (Wildman–Crippen MR) is 81.6 cm³/mol. The number of imidazole rings is 1. The molecule has 7 nitrogen and oxygen atoms in total. The summed E-state index contributed by atoms with van der Waals surface area (Å²) in [6.45, 7) is 1.52. The molecule has 0 aliphatic rings. The van der Waals surface area contributed by atoms with Crippen LogP contribution in [0.1, 0.15) is 5.82 Å². The average Bonchev–Trinajstić information content (AvgIpc) is 2.81. The minimum Gasteiger partial charge on any atom is -0.489 e. The molecule has 0 spiro atoms. The third kappa shape index (κ3) is 3.88. The molecule has 0 radical (unpaired) electrons. The SMILES string of the molecule is Cc1ncc([N+](=O)[O-])n1CC(O)COc1cc(Cl)ccc1Cl. The molecule has 0 saturated heterocycles. The summed E-state index contributed by atoms with van der Waals surface area (Å²) in [7, 11) is 0. The van der Waals surface area contributed by atoms with Gasteiger partial charge in [-0.15, -0.1) is 0 Å². The van der Waals surface area contributed by atoms with Gasteiger partial charge in [-0.05, 0) is 17.1 Å². The number of halogens is 2. The smallest absolute Gasteiger partial charge is 0.342 e. The Morgan fingerprint density at radius 2 is 2.23 bits per heavy atom. The predicted octanol–water partition coefficient (Wildman–Crippen LogP) is 2.85. The van der Waals surface area contributed by atoms with Crippen molar-refractivity contribution >= 4 is 29.0 Å². The molecule has 0 bridgehead atoms. The second-order valence-electron chi connectivity index (χ2n) is 4.57. The number of nitro groups is 1. The van der Waals surface area contributed by atoms with Crippen LogP contribution < -0.4 is 4.74 Å². The van der Waals surface area contributed by atoms with Gasteiger partial charge in [0.2, 0.25) is 0 Å². The summed E-state index contributed by atoms with van der Waals surface area (Å²) in [4.78, 5) is 14.2. The van der Waals surface area contributed by atoms with E-state index in [1.165, 1.54) is 10.6 Å². The van der Waals surface area contributed by atoms with Gasteiger partial charge in [-0.25, -0.2) is 9.55 Å². The van der Waals surface area contributed by atoms with Crippen molar-refractivity contribution in [3.8, 4) is 5.75 Å². The molecule has 1 unspecified atom stereocenters. The quantitative estimate of drug-likeness (QED) is 0.642. The van der Waals surface area contributed by atoms with Gasteiger partial charge in [0.1, 0.15) is 31.2 Å². The lowest BCUT2D eigenvalue weighted by atomic mass is 10.3. The zero-order chi connectivity index (χ0) is 16.3. The average molecular weight is 346 g/mol. The molecular weight excluding hydrogens is 333 g/mol. The maximum absolute atomic E-state index is 10.9. The molecule has 0 saturated carbocycles. The van der Waals surface area contributed by atoms with Crippen LogP contribution in [0.5, 0.6) is 5.75 Å². The van der Waals surface area contributed by atoms with Crippen LogP contribution in [-0.4, -0.2) is 32.3 Å². The number of ether oxygens (including phenoxy) is 1. The van der Waals surface area contributed by atoms with E-state index in [0.29, 0.717) is 21.6 Å². The number of nitrogens with zero attached hydrogens (tertiary/aromatic N) is 3. The van der Waals surface area contributed by atoms with Gasteiger partial charge >= 0.3 is 5.82 Å². The second-order valence-corrected chi connectivity index (χ2v) is 5.41. The van der Waals surface area contributed by atoms with Crippen LogP contribution in [0.4, 0.5) is 5.82 Å². The monoisotopic (exact) mass is 345 g/mol. The van der Waals surface area contributed by atoms with Gasteiger partial charge in [0, 0.05) is 18.0 Å². The Kier molecular flexibility index (Phi) is 5.23. The van der Waals surface area contributed by atoms with Gasteiger partial charge in [0.15, 0.2) is 5.82 Å². The number of aromatic nitrogens is 2. The number of aryl methyl sites for hydroxylation is 1. The summed E-state index contributed by atoms with van der Waals surface area (Å²) in [6, 6.07) is 4.73. The van der Waals surface area contributed by atoms with Crippen molar-refractivity contribution in [2.45, 2.75) is 19.6 Å². The number of benzene rings is 1. The molecule has 22 heavy (non-hydrogen) atoms. The maximum atomic E-state index is 10.9. The van der Waals surface area contributed by atoms with Gasteiger partial charge in [0.05, 0.1) is 5.02 Å². The van der Waals surface area contributed by atoms with Crippen molar-refractivity contribution in [1.82, 2.24) is 9.55 Å². The lowest BCUT2D eigenvalue weighted by molar-refractivity contribution is -0.392. The summed E-state index contributed by atoms with van der Waals surface area (Å²) < 4.78 is 6.71. The van der Waals surface area contributed by atoms with Crippen LogP contribution in [0.15, 0.2) is 24.4 Å². The van der Waals surface area contributed by atoms with Crippen molar-refractivity contribution in [1.29, 1.82) is 0 Å². The molecule has 2 aromatic rings. The first-order valence-corrected chi connectivity index (χ1v) is 7.06. The van der Waals surface area contributed by atoms with E-state index in [2.05, 4.69) is 4.98 Å². The highest BCUT2D eigenvalue weighted by Crippen LogP contribution is 2.27.